The van der Waals surface area contributed by atoms with Gasteiger partial charge in [-0.25, -0.2) is 4.79 Å². The Hall–Kier alpha value is -1.79. The van der Waals surface area contributed by atoms with Crippen molar-refractivity contribution in [1.82, 2.24) is 0 Å². The fourth-order valence-electron chi connectivity index (χ4n) is 2.11. The summed E-state index contributed by atoms with van der Waals surface area (Å²) < 4.78 is 4.81. The third-order valence-electron chi connectivity index (χ3n) is 3.43. The molecule has 1 aromatic heterocycles. The van der Waals surface area contributed by atoms with Crippen LogP contribution in [0.25, 0.3) is 0 Å². The second-order valence-electron chi connectivity index (χ2n) is 4.89. The van der Waals surface area contributed by atoms with E-state index in [9.17, 15) is 9.59 Å². The molecule has 2 aromatic rings. The molecule has 0 bridgehead atoms. The molecule has 6 heteroatoms. The first-order valence-corrected chi connectivity index (χ1v) is 9.00. The van der Waals surface area contributed by atoms with Gasteiger partial charge >= 0.3 is 5.97 Å². The van der Waals surface area contributed by atoms with Crippen LogP contribution in [0.2, 0.25) is 0 Å². The largest absolute Gasteiger partial charge is 0.465 e. The number of benzene rings is 1. The Labute approximate surface area is 144 Å². The summed E-state index contributed by atoms with van der Waals surface area (Å²) >= 11 is 3.11. The van der Waals surface area contributed by atoms with Crippen LogP contribution < -0.4 is 5.32 Å². The molecule has 0 unspecified atom stereocenters. The van der Waals surface area contributed by atoms with Crippen molar-refractivity contribution in [1.29, 1.82) is 0 Å². The highest BCUT2D eigenvalue weighted by Crippen LogP contribution is 2.33. The predicted octanol–water partition coefficient (Wildman–Crippen LogP) is 4.52. The summed E-state index contributed by atoms with van der Waals surface area (Å²) in [7, 11) is 1.34. The van der Waals surface area contributed by atoms with Crippen LogP contribution in [0.5, 0.6) is 0 Å². The highest BCUT2D eigenvalue weighted by atomic mass is 32.2. The summed E-state index contributed by atoms with van der Waals surface area (Å²) in [4.78, 5) is 26.4. The number of methoxy groups -OCH3 is 1. The Morgan fingerprint density at radius 3 is 2.43 bits per heavy atom. The number of thioether (sulfide) groups is 1. The number of ether oxygens (including phenoxy) is 1. The quantitative estimate of drug-likeness (QED) is 0.637. The first kappa shape index (κ1) is 17.6. The van der Waals surface area contributed by atoms with E-state index in [1.165, 1.54) is 18.4 Å². The van der Waals surface area contributed by atoms with Crippen LogP contribution in [0.3, 0.4) is 0 Å². The molecular weight excluding hydrogens is 330 g/mol. The molecule has 1 heterocycles. The number of thiophene rings is 1. The van der Waals surface area contributed by atoms with Crippen LogP contribution in [0, 0.1) is 13.8 Å². The molecule has 0 aliphatic heterocycles. The monoisotopic (exact) mass is 349 g/mol. The van der Waals surface area contributed by atoms with Crippen LogP contribution in [-0.2, 0) is 4.74 Å². The van der Waals surface area contributed by atoms with E-state index in [4.69, 9.17) is 4.74 Å². The van der Waals surface area contributed by atoms with Crippen molar-refractivity contribution < 1.29 is 14.3 Å². The van der Waals surface area contributed by atoms with E-state index in [0.717, 1.165) is 21.1 Å². The lowest BCUT2D eigenvalue weighted by Crippen LogP contribution is -2.14. The summed E-state index contributed by atoms with van der Waals surface area (Å²) in [6.45, 7) is 5.85. The van der Waals surface area contributed by atoms with Gasteiger partial charge in [0.2, 0.25) is 0 Å². The molecule has 0 fully saturated rings. The van der Waals surface area contributed by atoms with E-state index >= 15 is 0 Å². The van der Waals surface area contributed by atoms with Crippen molar-refractivity contribution in [3.63, 3.8) is 0 Å². The molecule has 1 aromatic carbocycles. The molecule has 0 spiro atoms. The number of esters is 1. The lowest BCUT2D eigenvalue weighted by Gasteiger charge is -2.07. The summed E-state index contributed by atoms with van der Waals surface area (Å²) in [5.41, 5.74) is 1.83. The van der Waals surface area contributed by atoms with Crippen molar-refractivity contribution in [3.05, 3.63) is 45.8 Å². The number of rotatable bonds is 5. The fourth-order valence-corrected chi connectivity index (χ4v) is 3.81. The van der Waals surface area contributed by atoms with Gasteiger partial charge < -0.3 is 10.1 Å². The van der Waals surface area contributed by atoms with Gasteiger partial charge in [-0.2, -0.15) is 0 Å². The molecule has 2 rings (SSSR count). The Morgan fingerprint density at radius 2 is 1.87 bits per heavy atom. The van der Waals surface area contributed by atoms with Gasteiger partial charge in [0.1, 0.15) is 5.00 Å². The maximum absolute atomic E-state index is 12.4. The topological polar surface area (TPSA) is 55.4 Å². The first-order valence-electron chi connectivity index (χ1n) is 7.20. The molecule has 0 saturated carbocycles. The minimum atomic E-state index is -0.433. The number of nitrogens with one attached hydrogen (secondary N) is 1. The van der Waals surface area contributed by atoms with Gasteiger partial charge in [-0.3, -0.25) is 4.79 Å². The van der Waals surface area contributed by atoms with Gasteiger partial charge in [0.25, 0.3) is 5.91 Å². The first-order chi connectivity index (χ1) is 11.0. The molecule has 0 aliphatic carbocycles. The number of amides is 1. The van der Waals surface area contributed by atoms with Crippen molar-refractivity contribution in [3.8, 4) is 0 Å². The van der Waals surface area contributed by atoms with Crippen LogP contribution in [0.4, 0.5) is 5.00 Å². The highest BCUT2D eigenvalue weighted by Gasteiger charge is 2.21. The summed E-state index contributed by atoms with van der Waals surface area (Å²) in [6.07, 6.45) is 0. The minimum absolute atomic E-state index is 0.232. The zero-order valence-corrected chi connectivity index (χ0v) is 15.2. The average molecular weight is 349 g/mol. The molecule has 0 aliphatic rings. The average Bonchev–Trinajstić information content (AvgIpc) is 2.82. The van der Waals surface area contributed by atoms with Gasteiger partial charge in [-0.1, -0.05) is 6.92 Å². The third kappa shape index (κ3) is 3.95. The number of carbonyl (C=O) groups excluding carboxylic acids is 2. The molecule has 23 heavy (non-hydrogen) atoms. The van der Waals surface area contributed by atoms with Gasteiger partial charge in [-0.15, -0.1) is 23.1 Å². The van der Waals surface area contributed by atoms with E-state index in [1.54, 1.807) is 23.9 Å². The molecule has 1 amide bonds. The van der Waals surface area contributed by atoms with Crippen LogP contribution in [0.1, 0.15) is 38.1 Å². The van der Waals surface area contributed by atoms with Crippen LogP contribution in [-0.4, -0.2) is 24.7 Å². The molecular formula is C17H19NO3S2. The molecule has 4 nitrogen and oxygen atoms in total. The standard InChI is InChI=1S/C17H19NO3S2/c1-5-22-13-8-6-12(7-9-13)15(19)18-16-14(17(20)21-4)10(2)11(3)23-16/h6-9H,5H2,1-4H3,(H,18,19). The lowest BCUT2D eigenvalue weighted by atomic mass is 10.1. The van der Waals surface area contributed by atoms with E-state index in [-0.39, 0.29) is 5.91 Å². The number of aryl methyl sites for hydroxylation is 1. The number of anilines is 1. The third-order valence-corrected chi connectivity index (χ3v) is 5.45. The van der Waals surface area contributed by atoms with Gasteiger partial charge in [0, 0.05) is 15.3 Å². The Kier molecular flexibility index (Phi) is 5.85. The van der Waals surface area contributed by atoms with Crippen molar-refractivity contribution in [2.75, 3.05) is 18.2 Å². The van der Waals surface area contributed by atoms with E-state index in [0.29, 0.717) is 16.1 Å². The van der Waals surface area contributed by atoms with Crippen molar-refractivity contribution in [2.45, 2.75) is 25.7 Å². The van der Waals surface area contributed by atoms with Gasteiger partial charge in [0.15, 0.2) is 0 Å². The summed E-state index contributed by atoms with van der Waals surface area (Å²) in [5.74, 6) is 0.322. The molecule has 0 radical (unpaired) electrons. The second kappa shape index (κ2) is 7.66. The molecule has 0 saturated heterocycles. The van der Waals surface area contributed by atoms with Crippen LogP contribution >= 0.6 is 23.1 Å². The smallest absolute Gasteiger partial charge is 0.341 e. The minimum Gasteiger partial charge on any atom is -0.465 e. The van der Waals surface area contributed by atoms with Crippen LogP contribution in [0.15, 0.2) is 29.2 Å². The Morgan fingerprint density at radius 1 is 1.22 bits per heavy atom. The SMILES string of the molecule is CCSc1ccc(C(=O)Nc2sc(C)c(C)c2C(=O)OC)cc1. The molecule has 122 valence electrons. The number of hydrogen-bond donors (Lipinski definition) is 1. The predicted molar refractivity (Wildman–Crippen MR) is 95.9 cm³/mol. The van der Waals surface area contributed by atoms with Gasteiger partial charge in [0.05, 0.1) is 12.7 Å². The Balaban J connectivity index is 2.23. The second-order valence-corrected chi connectivity index (χ2v) is 7.45. The fraction of sp³-hybridized carbons (Fsp3) is 0.294. The van der Waals surface area contributed by atoms with E-state index < -0.39 is 5.97 Å². The number of hydrogen-bond acceptors (Lipinski definition) is 5. The summed E-state index contributed by atoms with van der Waals surface area (Å²) in [6, 6.07) is 7.43. The lowest BCUT2D eigenvalue weighted by molar-refractivity contribution is 0.0601. The van der Waals surface area contributed by atoms with Crippen molar-refractivity contribution in [2.24, 2.45) is 0 Å². The molecule has 0 atom stereocenters. The highest BCUT2D eigenvalue weighted by molar-refractivity contribution is 7.99. The zero-order valence-electron chi connectivity index (χ0n) is 13.6. The van der Waals surface area contributed by atoms with Crippen molar-refractivity contribution >= 4 is 40.0 Å². The Bertz CT molecular complexity index is 720. The summed E-state index contributed by atoms with van der Waals surface area (Å²) in [5, 5.41) is 3.36. The zero-order chi connectivity index (χ0) is 17.0. The normalized spacial score (nSPS) is 10.4. The number of carbonyl (C=O) groups is 2. The maximum Gasteiger partial charge on any atom is 0.341 e. The molecule has 1 N–H and O–H groups in total. The van der Waals surface area contributed by atoms with E-state index in [2.05, 4.69) is 12.2 Å². The van der Waals surface area contributed by atoms with Gasteiger partial charge in [-0.05, 0) is 49.4 Å². The maximum atomic E-state index is 12.4. The van der Waals surface area contributed by atoms with E-state index in [1.807, 2.05) is 26.0 Å².